The lowest BCUT2D eigenvalue weighted by Gasteiger charge is -2.54. The van der Waals surface area contributed by atoms with Gasteiger partial charge in [0.05, 0.1) is 92.1 Å². The molecule has 2 heterocycles. The fraction of sp³-hybridized carbons (Fsp3) is 0.725. The van der Waals surface area contributed by atoms with Gasteiger partial charge in [0.1, 0.15) is 0 Å². The number of aryl methyl sites for hydroxylation is 1. The maximum absolute atomic E-state index is 12.9. The summed E-state index contributed by atoms with van der Waals surface area (Å²) in [6.45, 7) is 20.9. The molecule has 5 N–H and O–H groups in total. The van der Waals surface area contributed by atoms with Gasteiger partial charge in [-0.25, -0.2) is 4.68 Å². The number of hydroxylamine groups is 2. The molecule has 1 aliphatic heterocycles. The van der Waals surface area contributed by atoms with Gasteiger partial charge in [-0.1, -0.05) is 13.8 Å². The molecule has 4 rings (SSSR count). The van der Waals surface area contributed by atoms with Crippen LogP contribution in [0.2, 0.25) is 0 Å². The van der Waals surface area contributed by atoms with Gasteiger partial charge in [0.25, 0.3) is 5.91 Å². The van der Waals surface area contributed by atoms with Crippen molar-refractivity contribution in [3.05, 3.63) is 45.9 Å². The molecular formula is C40H66N6O8. The first-order chi connectivity index (χ1) is 25.6. The van der Waals surface area contributed by atoms with E-state index in [4.69, 9.17) is 34.5 Å². The standard InChI is InChI=1S/C40H66N6O8/c1-29-36-34(27-38(2,3)28-35(36)47)45(44-29)31-10-11-32(37(41)48)33(24-31)43-13-9-15-51-17-19-53-21-23-54-22-20-52-18-16-50-14-8-12-42-30-25-39(4,5)46(49)40(6,7)26-30/h10-11,24,30,42-43,46H,8-9,12-23,25-28H2,1-7H3,(H2,41,48). The summed E-state index contributed by atoms with van der Waals surface area (Å²) in [6.07, 6.45) is 4.64. The normalized spacial score (nSPS) is 20.2. The molecule has 2 aliphatic rings. The van der Waals surface area contributed by atoms with Crippen LogP contribution in [0, 0.1) is 17.5 Å². The number of Topliss-reactive ketones (excluding diaryl/α,β-unsaturated/α-hetero) is 1. The Kier molecular flexibility index (Phi) is 16.4. The molecule has 1 aromatic heterocycles. The molecule has 304 valence electrons. The van der Waals surface area contributed by atoms with Crippen molar-refractivity contribution in [2.75, 3.05) is 84.5 Å². The van der Waals surface area contributed by atoms with Crippen molar-refractivity contribution < 1.29 is 38.3 Å². The molecule has 0 saturated carbocycles. The molecule has 14 heteroatoms. The zero-order chi connectivity index (χ0) is 39.4. The summed E-state index contributed by atoms with van der Waals surface area (Å²) < 4.78 is 30.0. The highest BCUT2D eigenvalue weighted by atomic mass is 16.6. The molecule has 1 saturated heterocycles. The maximum Gasteiger partial charge on any atom is 0.250 e. The lowest BCUT2D eigenvalue weighted by molar-refractivity contribution is -0.955. The highest BCUT2D eigenvalue weighted by molar-refractivity contribution is 6.00. The smallest absolute Gasteiger partial charge is 0.250 e. The number of nitrogens with one attached hydrogen (secondary N) is 3. The Balaban J connectivity index is 0.975. The number of ketones is 1. The second-order valence-corrected chi connectivity index (χ2v) is 16.7. The van der Waals surface area contributed by atoms with Gasteiger partial charge in [-0.15, -0.1) is 0 Å². The summed E-state index contributed by atoms with van der Waals surface area (Å²) in [5.74, 6) is -0.398. The van der Waals surface area contributed by atoms with Crippen LogP contribution in [-0.4, -0.2) is 118 Å². The van der Waals surface area contributed by atoms with Gasteiger partial charge in [0.15, 0.2) is 5.78 Å². The van der Waals surface area contributed by atoms with E-state index in [-0.39, 0.29) is 22.3 Å². The van der Waals surface area contributed by atoms with Crippen LogP contribution in [0.1, 0.15) is 106 Å². The molecule has 1 aliphatic carbocycles. The SMILES string of the molecule is Cc1nn(-c2ccc(C(N)=O)c(NCCCOCCOCCOCCOCCOCCCNC3CC(C)(C)[NH+]([O-])C(C)(C)C3)c2)c2c1C(=O)CC(C)(C)C2. The Bertz CT molecular complexity index is 1490. The number of hydrogen-bond acceptors (Lipinski definition) is 11. The average molecular weight is 759 g/mol. The fourth-order valence-corrected chi connectivity index (χ4v) is 7.79. The summed E-state index contributed by atoms with van der Waals surface area (Å²) in [5, 5.41) is 24.6. The number of hydrogen-bond donors (Lipinski definition) is 4. The maximum atomic E-state index is 12.9. The minimum absolute atomic E-state index is 0.121. The van der Waals surface area contributed by atoms with Gasteiger partial charge in [0.2, 0.25) is 0 Å². The number of rotatable bonds is 24. The number of anilines is 1. The van der Waals surface area contributed by atoms with Crippen LogP contribution in [0.4, 0.5) is 5.69 Å². The first kappa shape index (κ1) is 43.8. The monoisotopic (exact) mass is 758 g/mol. The van der Waals surface area contributed by atoms with Gasteiger partial charge in [-0.05, 0) is 84.0 Å². The number of piperidine rings is 1. The molecule has 0 bridgehead atoms. The Morgan fingerprint density at radius 1 is 0.852 bits per heavy atom. The van der Waals surface area contributed by atoms with Crippen LogP contribution in [0.3, 0.4) is 0 Å². The van der Waals surface area contributed by atoms with E-state index in [0.717, 1.165) is 49.3 Å². The van der Waals surface area contributed by atoms with Crippen LogP contribution in [0.25, 0.3) is 5.69 Å². The van der Waals surface area contributed by atoms with Crippen molar-refractivity contribution in [1.29, 1.82) is 0 Å². The van der Waals surface area contributed by atoms with Gasteiger partial charge in [-0.2, -0.15) is 5.10 Å². The van der Waals surface area contributed by atoms with E-state index in [1.807, 2.05) is 23.7 Å². The van der Waals surface area contributed by atoms with Crippen molar-refractivity contribution in [3.8, 4) is 5.69 Å². The average Bonchev–Trinajstić information content (AvgIpc) is 3.42. The van der Waals surface area contributed by atoms with Crippen molar-refractivity contribution in [3.63, 3.8) is 0 Å². The van der Waals surface area contributed by atoms with Crippen molar-refractivity contribution >= 4 is 17.4 Å². The molecule has 2 aromatic rings. The largest absolute Gasteiger partial charge is 0.634 e. The predicted octanol–water partition coefficient (Wildman–Crippen LogP) is 3.40. The quantitative estimate of drug-likeness (QED) is 0.0913. The predicted molar refractivity (Wildman–Crippen MR) is 209 cm³/mol. The van der Waals surface area contributed by atoms with Crippen molar-refractivity contribution in [2.24, 2.45) is 11.1 Å². The first-order valence-electron chi connectivity index (χ1n) is 19.6. The molecule has 1 aromatic carbocycles. The van der Waals surface area contributed by atoms with E-state index in [1.165, 1.54) is 0 Å². The Morgan fingerprint density at radius 3 is 1.91 bits per heavy atom. The number of fused-ring (bicyclic) bond motifs is 1. The lowest BCUT2D eigenvalue weighted by atomic mass is 9.75. The number of benzene rings is 1. The summed E-state index contributed by atoms with van der Waals surface area (Å²) >= 11 is 0. The topological polar surface area (TPSA) is 176 Å². The minimum atomic E-state index is -0.519. The molecule has 0 atom stereocenters. The number of ether oxygens (including phenoxy) is 5. The minimum Gasteiger partial charge on any atom is -0.634 e. The number of amides is 1. The number of nitrogens with two attached hydrogens (primary N) is 1. The number of quaternary nitrogens is 1. The van der Waals surface area contributed by atoms with Gasteiger partial charge < -0.3 is 50.3 Å². The fourth-order valence-electron chi connectivity index (χ4n) is 7.79. The van der Waals surface area contributed by atoms with Crippen LogP contribution < -0.4 is 21.4 Å². The molecular weight excluding hydrogens is 692 g/mol. The van der Waals surface area contributed by atoms with Crippen LogP contribution in [0.5, 0.6) is 0 Å². The number of nitrogens with zero attached hydrogens (tertiary/aromatic N) is 2. The zero-order valence-electron chi connectivity index (χ0n) is 33.8. The summed E-state index contributed by atoms with van der Waals surface area (Å²) in [4.78, 5) is 25.0. The van der Waals surface area contributed by atoms with E-state index in [0.29, 0.717) is 113 Å². The lowest BCUT2D eigenvalue weighted by Crippen LogP contribution is -3.23. The molecule has 1 fully saturated rings. The van der Waals surface area contributed by atoms with E-state index in [9.17, 15) is 14.8 Å². The van der Waals surface area contributed by atoms with Gasteiger partial charge in [-0.3, -0.25) is 9.59 Å². The van der Waals surface area contributed by atoms with Crippen molar-refractivity contribution in [2.45, 2.75) is 104 Å². The number of carbonyl (C=O) groups is 2. The van der Waals surface area contributed by atoms with Gasteiger partial charge >= 0.3 is 0 Å². The van der Waals surface area contributed by atoms with E-state index < -0.39 is 5.91 Å². The highest BCUT2D eigenvalue weighted by Gasteiger charge is 2.44. The molecule has 0 radical (unpaired) electrons. The number of primary amides is 1. The molecule has 0 unspecified atom stereocenters. The first-order valence-corrected chi connectivity index (χ1v) is 19.6. The third kappa shape index (κ3) is 12.8. The van der Waals surface area contributed by atoms with E-state index in [2.05, 4.69) is 52.2 Å². The third-order valence-corrected chi connectivity index (χ3v) is 10.1. The van der Waals surface area contributed by atoms with Gasteiger partial charge in [0, 0.05) is 50.8 Å². The van der Waals surface area contributed by atoms with Crippen molar-refractivity contribution in [1.82, 2.24) is 15.1 Å². The second-order valence-electron chi connectivity index (χ2n) is 16.7. The van der Waals surface area contributed by atoms with Crippen LogP contribution >= 0.6 is 0 Å². The summed E-state index contributed by atoms with van der Waals surface area (Å²) in [7, 11) is 0. The zero-order valence-corrected chi connectivity index (χ0v) is 33.8. The second kappa shape index (κ2) is 20.3. The highest BCUT2D eigenvalue weighted by Crippen LogP contribution is 2.37. The number of aromatic nitrogens is 2. The molecule has 54 heavy (non-hydrogen) atoms. The van der Waals surface area contributed by atoms with Crippen LogP contribution in [0.15, 0.2) is 18.2 Å². The Hall–Kier alpha value is -2.95. The molecule has 1 amide bonds. The molecule has 0 spiro atoms. The Labute approximate surface area is 321 Å². The summed E-state index contributed by atoms with van der Waals surface area (Å²) in [6, 6.07) is 5.74. The summed E-state index contributed by atoms with van der Waals surface area (Å²) in [5.41, 5.74) is 9.09. The van der Waals surface area contributed by atoms with E-state index >= 15 is 0 Å². The number of carbonyl (C=O) groups excluding carboxylic acids is 2. The van der Waals surface area contributed by atoms with E-state index in [1.54, 1.807) is 6.07 Å². The third-order valence-electron chi connectivity index (χ3n) is 10.1. The molecule has 14 nitrogen and oxygen atoms in total. The van der Waals surface area contributed by atoms with Crippen LogP contribution in [-0.2, 0) is 30.1 Å². The Morgan fingerprint density at radius 2 is 1.37 bits per heavy atom.